The molecule has 2 N–H and O–H groups in total. The van der Waals surface area contributed by atoms with E-state index in [1.807, 2.05) is 6.07 Å². The zero-order chi connectivity index (χ0) is 17.9. The molecule has 4 amide bonds. The van der Waals surface area contributed by atoms with Crippen LogP contribution in [0.25, 0.3) is 0 Å². The third kappa shape index (κ3) is 3.40. The van der Waals surface area contributed by atoms with E-state index in [4.69, 9.17) is 10.00 Å². The van der Waals surface area contributed by atoms with Gasteiger partial charge in [-0.25, -0.2) is 4.79 Å². The molecule has 2 aliphatic rings. The van der Waals surface area contributed by atoms with E-state index in [1.165, 1.54) is 0 Å². The predicted molar refractivity (Wildman–Crippen MR) is 86.0 cm³/mol. The van der Waals surface area contributed by atoms with Crippen LogP contribution in [0.15, 0.2) is 24.3 Å². The maximum absolute atomic E-state index is 12.5. The second-order valence-electron chi connectivity index (χ2n) is 6.17. The van der Waals surface area contributed by atoms with Crippen molar-refractivity contribution in [2.24, 2.45) is 0 Å². The fraction of sp³-hybridized carbons (Fsp3) is 0.412. The third-order valence-corrected chi connectivity index (χ3v) is 4.46. The molecule has 3 rings (SSSR count). The zero-order valence-corrected chi connectivity index (χ0v) is 13.6. The van der Waals surface area contributed by atoms with Gasteiger partial charge in [0.05, 0.1) is 11.6 Å². The lowest BCUT2D eigenvalue weighted by molar-refractivity contribution is -0.140. The quantitative estimate of drug-likeness (QED) is 0.799. The Morgan fingerprint density at radius 1 is 1.24 bits per heavy atom. The molecule has 130 valence electrons. The minimum absolute atomic E-state index is 0.351. The first-order chi connectivity index (χ1) is 12.0. The highest BCUT2D eigenvalue weighted by atomic mass is 16.5. The lowest BCUT2D eigenvalue weighted by Crippen LogP contribution is -2.51. The Balaban J connectivity index is 1.56. The molecule has 1 aliphatic heterocycles. The molecule has 8 nitrogen and oxygen atoms in total. The summed E-state index contributed by atoms with van der Waals surface area (Å²) < 4.78 is 5.29. The average Bonchev–Trinajstić information content (AvgIpc) is 2.85. The SMILES string of the molecule is N#Cc1ccc(OCC(=O)NN2C(=O)NC3(CCCCC3)C2=O)cc1. The summed E-state index contributed by atoms with van der Waals surface area (Å²) in [6.07, 6.45) is 3.96. The summed E-state index contributed by atoms with van der Waals surface area (Å²) in [5.41, 5.74) is 1.90. The van der Waals surface area contributed by atoms with E-state index < -0.39 is 23.4 Å². The summed E-state index contributed by atoms with van der Waals surface area (Å²) >= 11 is 0. The largest absolute Gasteiger partial charge is 0.484 e. The van der Waals surface area contributed by atoms with Crippen molar-refractivity contribution >= 4 is 17.8 Å². The number of nitriles is 1. The van der Waals surface area contributed by atoms with E-state index in [9.17, 15) is 14.4 Å². The van der Waals surface area contributed by atoms with Gasteiger partial charge in [-0.2, -0.15) is 10.3 Å². The van der Waals surface area contributed by atoms with Crippen molar-refractivity contribution in [1.29, 1.82) is 5.26 Å². The van der Waals surface area contributed by atoms with Gasteiger partial charge in [0.25, 0.3) is 11.8 Å². The lowest BCUT2D eigenvalue weighted by Gasteiger charge is -2.30. The highest BCUT2D eigenvalue weighted by Gasteiger charge is 2.52. The minimum Gasteiger partial charge on any atom is -0.484 e. The summed E-state index contributed by atoms with van der Waals surface area (Å²) in [6.45, 7) is -0.351. The first kappa shape index (κ1) is 16.8. The molecule has 1 spiro atoms. The molecule has 0 unspecified atom stereocenters. The van der Waals surface area contributed by atoms with Crippen molar-refractivity contribution in [1.82, 2.24) is 15.8 Å². The monoisotopic (exact) mass is 342 g/mol. The summed E-state index contributed by atoms with van der Waals surface area (Å²) in [5.74, 6) is -0.611. The third-order valence-electron chi connectivity index (χ3n) is 4.46. The van der Waals surface area contributed by atoms with Gasteiger partial charge in [-0.05, 0) is 37.1 Å². The van der Waals surface area contributed by atoms with Crippen LogP contribution in [-0.4, -0.2) is 35.0 Å². The number of nitrogens with one attached hydrogen (secondary N) is 2. The summed E-state index contributed by atoms with van der Waals surface area (Å²) in [6, 6.07) is 7.64. The van der Waals surface area contributed by atoms with Crippen LogP contribution in [0.3, 0.4) is 0 Å². The smallest absolute Gasteiger partial charge is 0.344 e. The van der Waals surface area contributed by atoms with Gasteiger partial charge in [-0.15, -0.1) is 0 Å². The number of carbonyl (C=O) groups excluding carboxylic acids is 3. The van der Waals surface area contributed by atoms with E-state index in [-0.39, 0.29) is 6.61 Å². The Bertz CT molecular complexity index is 732. The van der Waals surface area contributed by atoms with Gasteiger partial charge in [0.2, 0.25) is 0 Å². The number of urea groups is 1. The summed E-state index contributed by atoms with van der Waals surface area (Å²) in [4.78, 5) is 36.6. The number of hydrogen-bond acceptors (Lipinski definition) is 5. The second-order valence-corrected chi connectivity index (χ2v) is 6.17. The molecule has 0 aromatic heterocycles. The van der Waals surface area contributed by atoms with Gasteiger partial charge in [-0.3, -0.25) is 15.0 Å². The Morgan fingerprint density at radius 2 is 1.92 bits per heavy atom. The number of nitrogens with zero attached hydrogens (tertiary/aromatic N) is 2. The molecule has 0 bridgehead atoms. The van der Waals surface area contributed by atoms with Crippen LogP contribution in [0.2, 0.25) is 0 Å². The fourth-order valence-corrected chi connectivity index (χ4v) is 3.15. The molecule has 8 heteroatoms. The van der Waals surface area contributed by atoms with Crippen molar-refractivity contribution in [3.63, 3.8) is 0 Å². The van der Waals surface area contributed by atoms with Crippen LogP contribution < -0.4 is 15.5 Å². The molecule has 2 fully saturated rings. The Kier molecular flexibility index (Phi) is 4.57. The summed E-state index contributed by atoms with van der Waals surface area (Å²) in [7, 11) is 0. The van der Waals surface area contributed by atoms with Crippen LogP contribution in [-0.2, 0) is 9.59 Å². The Morgan fingerprint density at radius 3 is 2.56 bits per heavy atom. The first-order valence-corrected chi connectivity index (χ1v) is 8.13. The van der Waals surface area contributed by atoms with Crippen molar-refractivity contribution in [3.8, 4) is 11.8 Å². The van der Waals surface area contributed by atoms with Gasteiger partial charge in [0.15, 0.2) is 6.61 Å². The van der Waals surface area contributed by atoms with Crippen molar-refractivity contribution < 1.29 is 19.1 Å². The second kappa shape index (κ2) is 6.81. The number of amides is 4. The maximum Gasteiger partial charge on any atom is 0.344 e. The number of hydrogen-bond donors (Lipinski definition) is 2. The van der Waals surface area contributed by atoms with E-state index in [1.54, 1.807) is 24.3 Å². The number of benzene rings is 1. The van der Waals surface area contributed by atoms with Crippen LogP contribution in [0.5, 0.6) is 5.75 Å². The highest BCUT2D eigenvalue weighted by molar-refractivity contribution is 6.08. The summed E-state index contributed by atoms with van der Waals surface area (Å²) in [5, 5.41) is 12.2. The molecule has 1 heterocycles. The Labute approximate surface area is 144 Å². The topological polar surface area (TPSA) is 112 Å². The standard InChI is InChI=1S/C17H18N4O4/c18-10-12-4-6-13(7-5-12)25-11-14(22)20-21-15(23)17(19-16(21)24)8-2-1-3-9-17/h4-7H,1-3,8-9,11H2,(H,19,24)(H,20,22). The van der Waals surface area contributed by atoms with E-state index in [2.05, 4.69) is 10.7 Å². The Hall–Kier alpha value is -3.08. The van der Waals surface area contributed by atoms with Crippen LogP contribution in [0.1, 0.15) is 37.7 Å². The van der Waals surface area contributed by atoms with E-state index in [0.717, 1.165) is 24.3 Å². The van der Waals surface area contributed by atoms with Crippen LogP contribution in [0.4, 0.5) is 4.79 Å². The molecule has 1 aliphatic carbocycles. The van der Waals surface area contributed by atoms with Gasteiger partial charge in [-0.1, -0.05) is 19.3 Å². The molecule has 1 saturated heterocycles. The molecular weight excluding hydrogens is 324 g/mol. The van der Waals surface area contributed by atoms with E-state index in [0.29, 0.717) is 24.2 Å². The van der Waals surface area contributed by atoms with Crippen molar-refractivity contribution in [3.05, 3.63) is 29.8 Å². The van der Waals surface area contributed by atoms with Crippen molar-refractivity contribution in [2.75, 3.05) is 6.61 Å². The molecule has 0 radical (unpaired) electrons. The normalized spacial score (nSPS) is 18.6. The predicted octanol–water partition coefficient (Wildman–Crippen LogP) is 1.22. The van der Waals surface area contributed by atoms with Gasteiger partial charge >= 0.3 is 6.03 Å². The lowest BCUT2D eigenvalue weighted by atomic mass is 9.82. The zero-order valence-electron chi connectivity index (χ0n) is 13.6. The number of imide groups is 1. The van der Waals surface area contributed by atoms with Crippen LogP contribution in [0, 0.1) is 11.3 Å². The molecule has 0 atom stereocenters. The number of carbonyl (C=O) groups is 3. The molecule has 1 saturated carbocycles. The molecule has 1 aromatic carbocycles. The highest BCUT2D eigenvalue weighted by Crippen LogP contribution is 2.32. The van der Waals surface area contributed by atoms with Gasteiger partial charge in [0.1, 0.15) is 11.3 Å². The van der Waals surface area contributed by atoms with E-state index >= 15 is 0 Å². The molecular formula is C17H18N4O4. The minimum atomic E-state index is -0.878. The van der Waals surface area contributed by atoms with Gasteiger partial charge < -0.3 is 10.1 Å². The van der Waals surface area contributed by atoms with Crippen molar-refractivity contribution in [2.45, 2.75) is 37.6 Å². The number of ether oxygens (including phenoxy) is 1. The number of hydrazine groups is 1. The molecule has 1 aromatic rings. The fourth-order valence-electron chi connectivity index (χ4n) is 3.15. The number of rotatable bonds is 4. The average molecular weight is 342 g/mol. The maximum atomic E-state index is 12.5. The van der Waals surface area contributed by atoms with Gasteiger partial charge in [0, 0.05) is 0 Å². The first-order valence-electron chi connectivity index (χ1n) is 8.13. The molecule has 25 heavy (non-hydrogen) atoms. The van der Waals surface area contributed by atoms with Crippen LogP contribution >= 0.6 is 0 Å².